The molecule has 1 aliphatic rings. The molecule has 1 aromatic carbocycles. The Morgan fingerprint density at radius 3 is 2.30 bits per heavy atom. The molecular formula is C40H59NS2. The molecule has 0 amide bonds. The van der Waals surface area contributed by atoms with Gasteiger partial charge in [-0.05, 0) is 62.2 Å². The number of nitrogens with zero attached hydrogens (tertiary/aromatic N) is 1. The van der Waals surface area contributed by atoms with Gasteiger partial charge in [0.15, 0.2) is 0 Å². The van der Waals surface area contributed by atoms with E-state index >= 15 is 0 Å². The fourth-order valence-electron chi connectivity index (χ4n) is 5.59. The highest BCUT2D eigenvalue weighted by Gasteiger charge is 2.31. The Balaban J connectivity index is 2.32. The van der Waals surface area contributed by atoms with Crippen molar-refractivity contribution in [1.82, 2.24) is 0 Å². The maximum atomic E-state index is 4.71. The number of hydrogen-bond acceptors (Lipinski definition) is 3. The minimum Gasteiger partial charge on any atom is -0.360 e. The van der Waals surface area contributed by atoms with Crippen molar-refractivity contribution in [2.24, 2.45) is 0 Å². The summed E-state index contributed by atoms with van der Waals surface area (Å²) < 4.78 is 0. The number of thioether (sulfide) groups is 2. The average Bonchev–Trinajstić information content (AvgIpc) is 3.01. The largest absolute Gasteiger partial charge is 0.360 e. The lowest BCUT2D eigenvalue weighted by Crippen LogP contribution is -2.39. The Kier molecular flexibility index (Phi) is 19.3. The quantitative estimate of drug-likeness (QED) is 0.0683. The van der Waals surface area contributed by atoms with Crippen LogP contribution in [0.1, 0.15) is 117 Å². The second kappa shape index (κ2) is 22.4. The number of benzene rings is 1. The third kappa shape index (κ3) is 12.8. The van der Waals surface area contributed by atoms with Gasteiger partial charge < -0.3 is 4.90 Å². The van der Waals surface area contributed by atoms with Gasteiger partial charge in [0, 0.05) is 38.9 Å². The van der Waals surface area contributed by atoms with E-state index in [1.54, 1.807) is 0 Å². The van der Waals surface area contributed by atoms with Gasteiger partial charge in [-0.3, -0.25) is 0 Å². The molecule has 236 valence electrons. The van der Waals surface area contributed by atoms with E-state index in [4.69, 9.17) is 6.58 Å². The Bertz CT molecular complexity index is 1120. The minimum absolute atomic E-state index is 0.126. The van der Waals surface area contributed by atoms with Crippen LogP contribution in [0, 0.1) is 0 Å². The van der Waals surface area contributed by atoms with Crippen LogP contribution >= 0.6 is 23.5 Å². The molecule has 1 nitrogen and oxygen atoms in total. The summed E-state index contributed by atoms with van der Waals surface area (Å²) in [7, 11) is 0. The number of anilines is 1. The molecule has 0 spiro atoms. The van der Waals surface area contributed by atoms with Crippen molar-refractivity contribution >= 4 is 34.8 Å². The lowest BCUT2D eigenvalue weighted by Gasteiger charge is -2.40. The SMILES string of the molecule is C=CC1C(/C=C\C)=C(C(=C)S/C(=C\C(=C)CCCCCC)CS/C=C\CCCCCCC)c2ccccc2N1CCCC. The Hall–Kier alpha value is -2.10. The van der Waals surface area contributed by atoms with Gasteiger partial charge in [0.25, 0.3) is 0 Å². The molecule has 1 atom stereocenters. The number of allylic oxidation sites excluding steroid dienone is 5. The molecule has 0 N–H and O–H groups in total. The number of rotatable bonds is 23. The van der Waals surface area contributed by atoms with Gasteiger partial charge in [-0.25, -0.2) is 0 Å². The number of para-hydroxylation sites is 1. The van der Waals surface area contributed by atoms with Gasteiger partial charge in [0.05, 0.1) is 6.04 Å². The van der Waals surface area contributed by atoms with Crippen LogP contribution in [0.15, 0.2) is 101 Å². The summed E-state index contributed by atoms with van der Waals surface area (Å²) in [6.07, 6.45) is 27.5. The van der Waals surface area contributed by atoms with Crippen LogP contribution in [0.25, 0.3) is 5.57 Å². The first-order valence-electron chi connectivity index (χ1n) is 16.9. The summed E-state index contributed by atoms with van der Waals surface area (Å²) in [5.41, 5.74) is 6.33. The van der Waals surface area contributed by atoms with Crippen LogP contribution in [0.4, 0.5) is 5.69 Å². The summed E-state index contributed by atoms with van der Waals surface area (Å²) in [6.45, 7) is 23.4. The van der Waals surface area contributed by atoms with Crippen molar-refractivity contribution in [3.8, 4) is 0 Å². The summed E-state index contributed by atoms with van der Waals surface area (Å²) in [6, 6.07) is 8.98. The zero-order valence-corrected chi connectivity index (χ0v) is 29.5. The van der Waals surface area contributed by atoms with E-state index in [0.717, 1.165) is 30.0 Å². The van der Waals surface area contributed by atoms with Crippen LogP contribution < -0.4 is 4.90 Å². The van der Waals surface area contributed by atoms with Crippen LogP contribution in [-0.2, 0) is 0 Å². The second-order valence-electron chi connectivity index (χ2n) is 11.6. The van der Waals surface area contributed by atoms with E-state index in [1.165, 1.54) is 104 Å². The number of hydrogen-bond donors (Lipinski definition) is 0. The van der Waals surface area contributed by atoms with Gasteiger partial charge in [-0.15, -0.1) is 18.3 Å². The topological polar surface area (TPSA) is 3.24 Å². The smallest absolute Gasteiger partial charge is 0.0730 e. The zero-order valence-electron chi connectivity index (χ0n) is 27.8. The molecule has 3 heteroatoms. The third-order valence-corrected chi connectivity index (χ3v) is 9.91. The van der Waals surface area contributed by atoms with E-state index in [0.29, 0.717) is 0 Å². The molecule has 43 heavy (non-hydrogen) atoms. The first kappa shape index (κ1) is 37.1. The Labute approximate surface area is 274 Å². The van der Waals surface area contributed by atoms with E-state index < -0.39 is 0 Å². The van der Waals surface area contributed by atoms with E-state index in [9.17, 15) is 0 Å². The van der Waals surface area contributed by atoms with Gasteiger partial charge in [-0.1, -0.05) is 145 Å². The summed E-state index contributed by atoms with van der Waals surface area (Å²) in [5.74, 6) is 0.936. The fourth-order valence-corrected chi connectivity index (χ4v) is 7.52. The summed E-state index contributed by atoms with van der Waals surface area (Å²) in [4.78, 5) is 4.96. The molecule has 1 heterocycles. The molecule has 0 saturated carbocycles. The van der Waals surface area contributed by atoms with E-state index in [1.807, 2.05) is 23.5 Å². The fraction of sp³-hybridized carbons (Fsp3) is 0.500. The van der Waals surface area contributed by atoms with Gasteiger partial charge >= 0.3 is 0 Å². The predicted molar refractivity (Wildman–Crippen MR) is 202 cm³/mol. The molecular weight excluding hydrogens is 559 g/mol. The van der Waals surface area contributed by atoms with Gasteiger partial charge in [-0.2, -0.15) is 0 Å². The van der Waals surface area contributed by atoms with Crippen LogP contribution in [0.3, 0.4) is 0 Å². The Morgan fingerprint density at radius 2 is 1.60 bits per heavy atom. The molecule has 1 aliphatic heterocycles. The van der Waals surface area contributed by atoms with Crippen molar-refractivity contribution < 1.29 is 0 Å². The molecule has 0 radical (unpaired) electrons. The molecule has 0 aromatic heterocycles. The standard InChI is InChI=1S/C40H59NS2/c1-8-13-16-18-19-20-24-30-42-32-35(31-33(6)26-21-17-14-9-2)43-34(7)40-36(25-11-4)38(12-5)41(29-15-10-3)39-28-23-22-27-37(39)40/h11-12,22-25,27-28,30-31,38H,5-10,13-21,26,29,32H2,1-4H3/b25-11-,30-24-,35-31-. The van der Waals surface area contributed by atoms with Crippen molar-refractivity contribution in [2.45, 2.75) is 117 Å². The number of fused-ring (bicyclic) bond motifs is 1. The highest BCUT2D eigenvalue weighted by atomic mass is 32.2. The molecule has 1 unspecified atom stereocenters. The third-order valence-electron chi connectivity index (χ3n) is 7.89. The second-order valence-corrected chi connectivity index (χ2v) is 13.7. The highest BCUT2D eigenvalue weighted by Crippen LogP contribution is 2.47. The summed E-state index contributed by atoms with van der Waals surface area (Å²) >= 11 is 3.73. The normalized spacial score (nSPS) is 15.5. The van der Waals surface area contributed by atoms with Crippen LogP contribution in [-0.4, -0.2) is 18.3 Å². The van der Waals surface area contributed by atoms with Crippen LogP contribution in [0.5, 0.6) is 0 Å². The minimum atomic E-state index is 0.126. The van der Waals surface area contributed by atoms with Crippen molar-refractivity contribution in [3.63, 3.8) is 0 Å². The zero-order chi connectivity index (χ0) is 31.3. The van der Waals surface area contributed by atoms with Gasteiger partial charge in [0.2, 0.25) is 0 Å². The average molecular weight is 618 g/mol. The van der Waals surface area contributed by atoms with E-state index in [2.05, 4.69) is 106 Å². The monoisotopic (exact) mass is 617 g/mol. The first-order chi connectivity index (χ1) is 21.0. The molecule has 0 bridgehead atoms. The molecule has 1 aromatic rings. The molecule has 2 rings (SSSR count). The highest BCUT2D eigenvalue weighted by molar-refractivity contribution is 8.09. The summed E-state index contributed by atoms with van der Waals surface area (Å²) in [5, 5.41) is 2.31. The molecule has 0 aliphatic carbocycles. The molecule has 0 saturated heterocycles. The van der Waals surface area contributed by atoms with Crippen molar-refractivity contribution in [1.29, 1.82) is 0 Å². The lowest BCUT2D eigenvalue weighted by molar-refractivity contribution is 0.637. The lowest BCUT2D eigenvalue weighted by atomic mass is 9.87. The predicted octanol–water partition coefficient (Wildman–Crippen LogP) is 13.5. The van der Waals surface area contributed by atoms with Gasteiger partial charge in [0.1, 0.15) is 0 Å². The van der Waals surface area contributed by atoms with Crippen LogP contribution in [0.2, 0.25) is 0 Å². The van der Waals surface area contributed by atoms with E-state index in [-0.39, 0.29) is 6.04 Å². The first-order valence-corrected chi connectivity index (χ1v) is 18.8. The van der Waals surface area contributed by atoms with Crippen molar-refractivity contribution in [2.75, 3.05) is 17.2 Å². The maximum Gasteiger partial charge on any atom is 0.0730 e. The molecule has 0 fully saturated rings. The number of unbranched alkanes of at least 4 members (excludes halogenated alkanes) is 9. The Morgan fingerprint density at radius 1 is 0.907 bits per heavy atom. The maximum absolute atomic E-state index is 4.71. The van der Waals surface area contributed by atoms with Crippen molar-refractivity contribution in [3.05, 3.63) is 106 Å².